The standard InChI is InChI=1S/C15H16FN3O.HI/c1-20-14-4-2-3-13(9-14)19-15(17)18-10-11-5-7-12(16)8-6-11;/h2-9H,10H2,1H3,(H3,17,18,19);1H. The van der Waals surface area contributed by atoms with Crippen molar-refractivity contribution in [3.05, 3.63) is 59.9 Å². The molecule has 2 aromatic carbocycles. The van der Waals surface area contributed by atoms with Crippen LogP contribution in [-0.4, -0.2) is 13.1 Å². The normalized spacial score (nSPS) is 10.7. The van der Waals surface area contributed by atoms with Gasteiger partial charge in [0.2, 0.25) is 0 Å². The van der Waals surface area contributed by atoms with Gasteiger partial charge in [-0.05, 0) is 29.8 Å². The van der Waals surface area contributed by atoms with E-state index in [1.54, 1.807) is 19.2 Å². The van der Waals surface area contributed by atoms with Crippen molar-refractivity contribution in [2.75, 3.05) is 12.4 Å². The highest BCUT2D eigenvalue weighted by Crippen LogP contribution is 2.16. The van der Waals surface area contributed by atoms with E-state index in [4.69, 9.17) is 10.5 Å². The van der Waals surface area contributed by atoms with Gasteiger partial charge in [0.05, 0.1) is 13.7 Å². The number of hydrogen-bond acceptors (Lipinski definition) is 2. The van der Waals surface area contributed by atoms with Crippen molar-refractivity contribution in [3.8, 4) is 5.75 Å². The van der Waals surface area contributed by atoms with Gasteiger partial charge >= 0.3 is 0 Å². The number of rotatable bonds is 4. The first kappa shape index (κ1) is 17.2. The minimum Gasteiger partial charge on any atom is -0.497 e. The molecular formula is C15H17FIN3O. The van der Waals surface area contributed by atoms with Gasteiger partial charge in [0.15, 0.2) is 5.96 Å². The zero-order valence-electron chi connectivity index (χ0n) is 11.5. The minimum atomic E-state index is -0.264. The summed E-state index contributed by atoms with van der Waals surface area (Å²) in [4.78, 5) is 4.19. The van der Waals surface area contributed by atoms with Crippen LogP contribution >= 0.6 is 24.0 Å². The molecule has 0 aliphatic heterocycles. The van der Waals surface area contributed by atoms with Crippen LogP contribution < -0.4 is 15.8 Å². The maximum absolute atomic E-state index is 12.8. The molecule has 2 rings (SSSR count). The van der Waals surface area contributed by atoms with Crippen LogP contribution in [0.4, 0.5) is 10.1 Å². The summed E-state index contributed by atoms with van der Waals surface area (Å²) in [5, 5.41) is 2.97. The number of benzene rings is 2. The Hall–Kier alpha value is -1.83. The summed E-state index contributed by atoms with van der Waals surface area (Å²) < 4.78 is 17.9. The van der Waals surface area contributed by atoms with Crippen molar-refractivity contribution in [2.45, 2.75) is 6.54 Å². The van der Waals surface area contributed by atoms with E-state index in [1.165, 1.54) is 12.1 Å². The lowest BCUT2D eigenvalue weighted by Crippen LogP contribution is -2.22. The number of aliphatic imine (C=N–C) groups is 1. The van der Waals surface area contributed by atoms with Gasteiger partial charge in [-0.1, -0.05) is 18.2 Å². The van der Waals surface area contributed by atoms with E-state index >= 15 is 0 Å². The molecule has 0 aliphatic carbocycles. The van der Waals surface area contributed by atoms with Gasteiger partial charge in [0.25, 0.3) is 0 Å². The van der Waals surface area contributed by atoms with E-state index in [-0.39, 0.29) is 29.8 Å². The Balaban J connectivity index is 0.00000220. The fraction of sp³-hybridized carbons (Fsp3) is 0.133. The molecule has 0 fully saturated rings. The third-order valence-corrected chi connectivity index (χ3v) is 2.69. The number of nitrogens with one attached hydrogen (secondary N) is 1. The summed E-state index contributed by atoms with van der Waals surface area (Å²) in [6, 6.07) is 13.5. The third kappa shape index (κ3) is 5.58. The van der Waals surface area contributed by atoms with Gasteiger partial charge in [0, 0.05) is 11.8 Å². The molecular weight excluding hydrogens is 384 g/mol. The van der Waals surface area contributed by atoms with Gasteiger partial charge in [-0.15, -0.1) is 24.0 Å². The first-order valence-electron chi connectivity index (χ1n) is 6.13. The van der Waals surface area contributed by atoms with Gasteiger partial charge in [-0.25, -0.2) is 9.38 Å². The first-order valence-corrected chi connectivity index (χ1v) is 6.13. The molecule has 4 nitrogen and oxygen atoms in total. The molecule has 0 unspecified atom stereocenters. The Morgan fingerprint density at radius 2 is 1.95 bits per heavy atom. The van der Waals surface area contributed by atoms with Crippen molar-refractivity contribution < 1.29 is 9.13 Å². The first-order chi connectivity index (χ1) is 9.67. The van der Waals surface area contributed by atoms with Gasteiger partial charge in [0.1, 0.15) is 11.6 Å². The van der Waals surface area contributed by atoms with Crippen LogP contribution in [0.1, 0.15) is 5.56 Å². The molecule has 0 radical (unpaired) electrons. The Labute approximate surface area is 140 Å². The van der Waals surface area contributed by atoms with Crippen LogP contribution in [-0.2, 0) is 6.54 Å². The predicted octanol–water partition coefficient (Wildman–Crippen LogP) is 3.38. The van der Waals surface area contributed by atoms with Crippen LogP contribution in [0.3, 0.4) is 0 Å². The molecule has 21 heavy (non-hydrogen) atoms. The highest BCUT2D eigenvalue weighted by molar-refractivity contribution is 14.0. The van der Waals surface area contributed by atoms with Crippen molar-refractivity contribution in [1.82, 2.24) is 0 Å². The number of nitrogens with two attached hydrogens (primary N) is 1. The average molecular weight is 401 g/mol. The second-order valence-electron chi connectivity index (χ2n) is 4.18. The number of nitrogens with zero attached hydrogens (tertiary/aromatic N) is 1. The summed E-state index contributed by atoms with van der Waals surface area (Å²) in [5.41, 5.74) is 7.49. The third-order valence-electron chi connectivity index (χ3n) is 2.69. The zero-order valence-corrected chi connectivity index (χ0v) is 13.9. The summed E-state index contributed by atoms with van der Waals surface area (Å²) >= 11 is 0. The van der Waals surface area contributed by atoms with Crippen LogP contribution in [0.5, 0.6) is 5.75 Å². The Morgan fingerprint density at radius 3 is 2.62 bits per heavy atom. The van der Waals surface area contributed by atoms with Crippen LogP contribution in [0.2, 0.25) is 0 Å². The topological polar surface area (TPSA) is 59.6 Å². The van der Waals surface area contributed by atoms with Crippen LogP contribution in [0, 0.1) is 5.82 Å². The van der Waals surface area contributed by atoms with Gasteiger partial charge in [-0.2, -0.15) is 0 Å². The Morgan fingerprint density at radius 1 is 1.24 bits per heavy atom. The molecule has 0 heterocycles. The lowest BCUT2D eigenvalue weighted by atomic mass is 10.2. The highest BCUT2D eigenvalue weighted by atomic mass is 127. The maximum Gasteiger partial charge on any atom is 0.193 e. The number of methoxy groups -OCH3 is 1. The van der Waals surface area contributed by atoms with Crippen molar-refractivity contribution >= 4 is 35.6 Å². The van der Waals surface area contributed by atoms with Gasteiger partial charge in [-0.3, -0.25) is 0 Å². The van der Waals surface area contributed by atoms with Crippen LogP contribution in [0.15, 0.2) is 53.5 Å². The number of hydrogen-bond donors (Lipinski definition) is 2. The average Bonchev–Trinajstić information content (AvgIpc) is 2.47. The van der Waals surface area contributed by atoms with E-state index in [0.29, 0.717) is 12.5 Å². The zero-order chi connectivity index (χ0) is 14.4. The number of halogens is 2. The molecule has 0 aromatic heterocycles. The fourth-order valence-electron chi connectivity index (χ4n) is 1.65. The molecule has 0 saturated heterocycles. The highest BCUT2D eigenvalue weighted by Gasteiger charge is 1.98. The molecule has 0 aliphatic rings. The lowest BCUT2D eigenvalue weighted by Gasteiger charge is -2.07. The molecule has 3 N–H and O–H groups in total. The number of anilines is 1. The maximum atomic E-state index is 12.8. The van der Waals surface area contributed by atoms with Crippen molar-refractivity contribution in [2.24, 2.45) is 10.7 Å². The molecule has 112 valence electrons. The van der Waals surface area contributed by atoms with Crippen molar-refractivity contribution in [1.29, 1.82) is 0 Å². The largest absolute Gasteiger partial charge is 0.497 e. The number of guanidine groups is 1. The second kappa shape index (κ2) is 8.46. The van der Waals surface area contributed by atoms with E-state index in [1.807, 2.05) is 24.3 Å². The Bertz CT molecular complexity index is 602. The summed E-state index contributed by atoms with van der Waals surface area (Å²) in [6.07, 6.45) is 0. The molecule has 0 atom stereocenters. The van der Waals surface area contributed by atoms with Crippen molar-refractivity contribution in [3.63, 3.8) is 0 Å². The predicted molar refractivity (Wildman–Crippen MR) is 93.8 cm³/mol. The molecule has 0 spiro atoms. The lowest BCUT2D eigenvalue weighted by molar-refractivity contribution is 0.415. The quantitative estimate of drug-likeness (QED) is 0.469. The molecule has 2 aromatic rings. The second-order valence-corrected chi connectivity index (χ2v) is 4.18. The van der Waals surface area contributed by atoms with E-state index in [2.05, 4.69) is 10.3 Å². The smallest absolute Gasteiger partial charge is 0.193 e. The van der Waals surface area contributed by atoms with Gasteiger partial charge < -0.3 is 15.8 Å². The Kier molecular flexibility index (Phi) is 6.93. The summed E-state index contributed by atoms with van der Waals surface area (Å²) in [5.74, 6) is 0.768. The summed E-state index contributed by atoms with van der Waals surface area (Å²) in [7, 11) is 1.60. The molecule has 0 amide bonds. The molecule has 0 bridgehead atoms. The fourth-order valence-corrected chi connectivity index (χ4v) is 1.65. The van der Waals surface area contributed by atoms with Crippen LogP contribution in [0.25, 0.3) is 0 Å². The SMILES string of the molecule is COc1cccc(NC(N)=NCc2ccc(F)cc2)c1.I. The van der Waals surface area contributed by atoms with E-state index in [0.717, 1.165) is 17.0 Å². The monoisotopic (exact) mass is 401 g/mol. The molecule has 6 heteroatoms. The van der Waals surface area contributed by atoms with E-state index in [9.17, 15) is 4.39 Å². The molecule has 0 saturated carbocycles. The minimum absolute atomic E-state index is 0. The van der Waals surface area contributed by atoms with E-state index < -0.39 is 0 Å². The summed E-state index contributed by atoms with van der Waals surface area (Å²) in [6.45, 7) is 0.392. The number of ether oxygens (including phenoxy) is 1.